The van der Waals surface area contributed by atoms with Crippen LogP contribution in [0, 0.1) is 5.82 Å². The average Bonchev–Trinajstić information content (AvgIpc) is 2.34. The zero-order valence-electron chi connectivity index (χ0n) is 9.91. The van der Waals surface area contributed by atoms with Crippen LogP contribution in [0.15, 0.2) is 40.9 Å². The van der Waals surface area contributed by atoms with Crippen LogP contribution in [0.5, 0.6) is 11.5 Å². The first-order valence-electron chi connectivity index (χ1n) is 5.41. The number of ether oxygens (including phenoxy) is 1. The van der Waals surface area contributed by atoms with Gasteiger partial charge in [-0.25, -0.2) is 4.39 Å². The Morgan fingerprint density at radius 3 is 2.47 bits per heavy atom. The molecule has 2 rings (SSSR count). The van der Waals surface area contributed by atoms with Crippen LogP contribution in [-0.4, -0.2) is 5.78 Å². The second-order valence-corrected chi connectivity index (χ2v) is 5.20. The second kappa shape index (κ2) is 5.72. The predicted octanol–water partition coefficient (Wildman–Crippen LogP) is 5.24. The third-order valence-corrected chi connectivity index (χ3v) is 3.24. The molecule has 0 saturated heterocycles. The van der Waals surface area contributed by atoms with Crippen molar-refractivity contribution in [3.05, 3.63) is 57.3 Å². The molecule has 0 atom stereocenters. The van der Waals surface area contributed by atoms with Crippen LogP contribution >= 0.6 is 27.5 Å². The molecule has 98 valence electrons. The molecule has 0 aliphatic heterocycles. The van der Waals surface area contributed by atoms with Gasteiger partial charge < -0.3 is 4.74 Å². The first-order chi connectivity index (χ1) is 8.97. The van der Waals surface area contributed by atoms with Gasteiger partial charge in [-0.3, -0.25) is 4.79 Å². The first-order valence-corrected chi connectivity index (χ1v) is 6.58. The van der Waals surface area contributed by atoms with E-state index < -0.39 is 5.82 Å². The largest absolute Gasteiger partial charge is 0.453 e. The molecule has 0 heterocycles. The van der Waals surface area contributed by atoms with E-state index in [0.717, 1.165) is 0 Å². The third-order valence-electron chi connectivity index (χ3n) is 2.45. The van der Waals surface area contributed by atoms with E-state index in [4.69, 9.17) is 16.3 Å². The molecular formula is C14H9BrClFO2. The Morgan fingerprint density at radius 2 is 1.89 bits per heavy atom. The van der Waals surface area contributed by atoms with Gasteiger partial charge in [-0.15, -0.1) is 0 Å². The fourth-order valence-corrected chi connectivity index (χ4v) is 2.03. The molecule has 0 N–H and O–H groups in total. The lowest BCUT2D eigenvalue weighted by molar-refractivity contribution is 0.101. The van der Waals surface area contributed by atoms with Crippen LogP contribution in [0.3, 0.4) is 0 Å². The maximum absolute atomic E-state index is 13.6. The SMILES string of the molecule is CC(=O)c1ccc(Oc2ccc(Br)cc2F)c(Cl)c1. The molecule has 2 aromatic rings. The zero-order chi connectivity index (χ0) is 14.0. The highest BCUT2D eigenvalue weighted by atomic mass is 79.9. The van der Waals surface area contributed by atoms with Crippen molar-refractivity contribution in [1.29, 1.82) is 0 Å². The quantitative estimate of drug-likeness (QED) is 0.713. The van der Waals surface area contributed by atoms with Crippen molar-refractivity contribution >= 4 is 33.3 Å². The summed E-state index contributed by atoms with van der Waals surface area (Å²) in [6.07, 6.45) is 0. The summed E-state index contributed by atoms with van der Waals surface area (Å²) in [5.74, 6) is -0.224. The van der Waals surface area contributed by atoms with Crippen LogP contribution in [0.25, 0.3) is 0 Å². The number of carbonyl (C=O) groups excluding carboxylic acids is 1. The lowest BCUT2D eigenvalue weighted by Gasteiger charge is -2.09. The molecule has 0 bridgehead atoms. The predicted molar refractivity (Wildman–Crippen MR) is 75.6 cm³/mol. The lowest BCUT2D eigenvalue weighted by atomic mass is 10.1. The Hall–Kier alpha value is -1.39. The second-order valence-electron chi connectivity index (χ2n) is 3.88. The minimum absolute atomic E-state index is 0.0701. The Kier molecular flexibility index (Phi) is 4.22. The molecule has 0 radical (unpaired) electrons. The zero-order valence-corrected chi connectivity index (χ0v) is 12.3. The summed E-state index contributed by atoms with van der Waals surface area (Å²) in [5.41, 5.74) is 0.480. The lowest BCUT2D eigenvalue weighted by Crippen LogP contribution is -1.94. The molecule has 0 unspecified atom stereocenters. The molecule has 19 heavy (non-hydrogen) atoms. The van der Waals surface area contributed by atoms with Gasteiger partial charge in [0.1, 0.15) is 5.75 Å². The van der Waals surface area contributed by atoms with E-state index in [1.165, 1.54) is 25.1 Å². The Labute approximate surface area is 123 Å². The Bertz CT molecular complexity index is 643. The summed E-state index contributed by atoms with van der Waals surface area (Å²) in [6.45, 7) is 1.45. The summed E-state index contributed by atoms with van der Waals surface area (Å²) in [7, 11) is 0. The maximum Gasteiger partial charge on any atom is 0.166 e. The number of carbonyl (C=O) groups is 1. The van der Waals surface area contributed by atoms with Crippen molar-refractivity contribution in [2.24, 2.45) is 0 Å². The molecule has 2 aromatic carbocycles. The molecule has 0 fully saturated rings. The molecule has 2 nitrogen and oxygen atoms in total. The molecule has 0 saturated carbocycles. The van der Waals surface area contributed by atoms with E-state index >= 15 is 0 Å². The highest BCUT2D eigenvalue weighted by molar-refractivity contribution is 9.10. The van der Waals surface area contributed by atoms with Crippen LogP contribution < -0.4 is 4.74 Å². The fraction of sp³-hybridized carbons (Fsp3) is 0.0714. The molecule has 0 aliphatic carbocycles. The molecule has 0 aromatic heterocycles. The van der Waals surface area contributed by atoms with Gasteiger partial charge in [0.2, 0.25) is 0 Å². The summed E-state index contributed by atoms with van der Waals surface area (Å²) >= 11 is 9.16. The van der Waals surface area contributed by atoms with Crippen molar-refractivity contribution in [2.75, 3.05) is 0 Å². The van der Waals surface area contributed by atoms with Crippen LogP contribution in [0.2, 0.25) is 5.02 Å². The number of ketones is 1. The first kappa shape index (κ1) is 14.0. The van der Waals surface area contributed by atoms with Gasteiger partial charge in [-0.1, -0.05) is 27.5 Å². The smallest absolute Gasteiger partial charge is 0.166 e. The van der Waals surface area contributed by atoms with Gasteiger partial charge in [0, 0.05) is 10.0 Å². The van der Waals surface area contributed by atoms with E-state index in [1.54, 1.807) is 18.2 Å². The molecule has 0 spiro atoms. The van der Waals surface area contributed by atoms with Crippen LogP contribution in [0.1, 0.15) is 17.3 Å². The van der Waals surface area contributed by atoms with E-state index in [2.05, 4.69) is 15.9 Å². The number of Topliss-reactive ketones (excluding diaryl/α,β-unsaturated/α-hetero) is 1. The molecule has 5 heteroatoms. The van der Waals surface area contributed by atoms with Gasteiger partial charge >= 0.3 is 0 Å². The fourth-order valence-electron chi connectivity index (χ4n) is 1.48. The summed E-state index contributed by atoms with van der Waals surface area (Å²) in [5, 5.41) is 0.259. The molecular weight excluding hydrogens is 335 g/mol. The summed E-state index contributed by atoms with van der Waals surface area (Å²) in [4.78, 5) is 11.2. The van der Waals surface area contributed by atoms with Crippen molar-refractivity contribution in [1.82, 2.24) is 0 Å². The monoisotopic (exact) mass is 342 g/mol. The number of halogens is 3. The number of benzene rings is 2. The van der Waals surface area contributed by atoms with Gasteiger partial charge in [-0.2, -0.15) is 0 Å². The summed E-state index contributed by atoms with van der Waals surface area (Å²) < 4.78 is 19.6. The van der Waals surface area contributed by atoms with E-state index in [0.29, 0.717) is 15.8 Å². The minimum Gasteiger partial charge on any atom is -0.453 e. The molecule has 0 amide bonds. The van der Waals surface area contributed by atoms with Gasteiger partial charge in [0.05, 0.1) is 5.02 Å². The van der Waals surface area contributed by atoms with E-state index in [9.17, 15) is 9.18 Å². The Morgan fingerprint density at radius 1 is 1.21 bits per heavy atom. The Balaban J connectivity index is 2.31. The number of rotatable bonds is 3. The third kappa shape index (κ3) is 3.33. The normalized spacial score (nSPS) is 10.3. The van der Waals surface area contributed by atoms with Gasteiger partial charge in [0.15, 0.2) is 17.3 Å². The van der Waals surface area contributed by atoms with Gasteiger partial charge in [-0.05, 0) is 43.3 Å². The molecule has 0 aliphatic rings. The van der Waals surface area contributed by atoms with Gasteiger partial charge in [0.25, 0.3) is 0 Å². The van der Waals surface area contributed by atoms with Crippen molar-refractivity contribution in [3.63, 3.8) is 0 Å². The van der Waals surface area contributed by atoms with E-state index in [1.807, 2.05) is 0 Å². The number of hydrogen-bond donors (Lipinski definition) is 0. The summed E-state index contributed by atoms with van der Waals surface area (Å²) in [6, 6.07) is 9.08. The average molecular weight is 344 g/mol. The number of hydrogen-bond acceptors (Lipinski definition) is 2. The van der Waals surface area contributed by atoms with E-state index in [-0.39, 0.29) is 16.6 Å². The minimum atomic E-state index is -0.499. The van der Waals surface area contributed by atoms with Crippen LogP contribution in [-0.2, 0) is 0 Å². The van der Waals surface area contributed by atoms with Crippen molar-refractivity contribution in [3.8, 4) is 11.5 Å². The van der Waals surface area contributed by atoms with Crippen LogP contribution in [0.4, 0.5) is 4.39 Å². The maximum atomic E-state index is 13.6. The standard InChI is InChI=1S/C14H9BrClFO2/c1-8(18)9-2-4-13(11(16)6-9)19-14-5-3-10(15)7-12(14)17/h2-7H,1H3. The highest BCUT2D eigenvalue weighted by Crippen LogP contribution is 2.32. The van der Waals surface area contributed by atoms with Crippen molar-refractivity contribution < 1.29 is 13.9 Å². The highest BCUT2D eigenvalue weighted by Gasteiger charge is 2.10. The van der Waals surface area contributed by atoms with Crippen molar-refractivity contribution in [2.45, 2.75) is 6.92 Å². The topological polar surface area (TPSA) is 26.3 Å².